The first-order chi connectivity index (χ1) is 10.3. The van der Waals surface area contributed by atoms with Crippen LogP contribution in [0.2, 0.25) is 0 Å². The Morgan fingerprint density at radius 2 is 1.73 bits per heavy atom. The molecule has 7 nitrogen and oxygen atoms in total. The van der Waals surface area contributed by atoms with Crippen LogP contribution in [0.1, 0.15) is 5.56 Å². The summed E-state index contributed by atoms with van der Waals surface area (Å²) in [5.74, 6) is -1.89. The van der Waals surface area contributed by atoms with Crippen LogP contribution in [0.25, 0.3) is 0 Å². The first-order valence-electron chi connectivity index (χ1n) is 6.42. The summed E-state index contributed by atoms with van der Waals surface area (Å²) < 4.78 is 5.44. The average Bonchev–Trinajstić information content (AvgIpc) is 2.50. The van der Waals surface area contributed by atoms with Crippen molar-refractivity contribution in [2.24, 2.45) is 5.92 Å². The number of nitrogens with zero attached hydrogens (tertiary/aromatic N) is 2. The molecule has 2 rings (SSSR count). The minimum absolute atomic E-state index is 0.0584. The molecule has 1 heterocycles. The smallest absolute Gasteiger partial charge is 0.332 e. The highest BCUT2D eigenvalue weighted by molar-refractivity contribution is 9.10. The molecule has 22 heavy (non-hydrogen) atoms. The first-order valence-corrected chi connectivity index (χ1v) is 7.21. The van der Waals surface area contributed by atoms with Crippen molar-refractivity contribution in [3.63, 3.8) is 0 Å². The van der Waals surface area contributed by atoms with Crippen LogP contribution < -0.4 is 4.74 Å². The molecule has 0 saturated carbocycles. The number of hydrogen-bond donors (Lipinski definition) is 1. The van der Waals surface area contributed by atoms with E-state index in [9.17, 15) is 19.5 Å². The maximum absolute atomic E-state index is 12.2. The molecule has 0 spiro atoms. The monoisotopic (exact) mass is 370 g/mol. The lowest BCUT2D eigenvalue weighted by Crippen LogP contribution is -2.57. The molecule has 0 aromatic heterocycles. The molecule has 0 bridgehead atoms. The highest BCUT2D eigenvalue weighted by Gasteiger charge is 2.42. The first kappa shape index (κ1) is 16.3. The van der Waals surface area contributed by atoms with E-state index in [1.807, 2.05) is 0 Å². The minimum Gasteiger partial charge on any atom is -0.503 e. The van der Waals surface area contributed by atoms with Gasteiger partial charge in [0.2, 0.25) is 11.8 Å². The van der Waals surface area contributed by atoms with Crippen molar-refractivity contribution in [2.45, 2.75) is 6.42 Å². The number of phenolic OH excluding ortho intramolecular Hbond substituents is 1. The van der Waals surface area contributed by atoms with Gasteiger partial charge in [-0.2, -0.15) is 0 Å². The van der Waals surface area contributed by atoms with Crippen LogP contribution in [0, 0.1) is 5.92 Å². The van der Waals surface area contributed by atoms with Crippen molar-refractivity contribution in [1.82, 2.24) is 9.80 Å². The Morgan fingerprint density at radius 3 is 2.23 bits per heavy atom. The fourth-order valence-electron chi connectivity index (χ4n) is 2.30. The third kappa shape index (κ3) is 2.66. The van der Waals surface area contributed by atoms with Crippen molar-refractivity contribution in [2.75, 3.05) is 21.2 Å². The summed E-state index contributed by atoms with van der Waals surface area (Å²) in [5.41, 5.74) is 0.629. The Hall–Kier alpha value is -2.09. The number of methoxy groups -OCH3 is 1. The van der Waals surface area contributed by atoms with Crippen LogP contribution in [-0.2, 0) is 16.0 Å². The number of carbonyl (C=O) groups excluding carboxylic acids is 3. The zero-order valence-electron chi connectivity index (χ0n) is 12.3. The van der Waals surface area contributed by atoms with E-state index in [2.05, 4.69) is 15.9 Å². The number of amides is 4. The van der Waals surface area contributed by atoms with Crippen LogP contribution in [0.4, 0.5) is 4.79 Å². The summed E-state index contributed by atoms with van der Waals surface area (Å²) >= 11 is 3.19. The number of ether oxygens (including phenoxy) is 1. The second kappa shape index (κ2) is 5.96. The van der Waals surface area contributed by atoms with Crippen molar-refractivity contribution in [1.29, 1.82) is 0 Å². The molecule has 1 saturated heterocycles. The van der Waals surface area contributed by atoms with E-state index < -0.39 is 23.8 Å². The number of urea groups is 1. The van der Waals surface area contributed by atoms with Gasteiger partial charge in [-0.1, -0.05) is 0 Å². The maximum Gasteiger partial charge on any atom is 0.332 e. The summed E-state index contributed by atoms with van der Waals surface area (Å²) in [6.07, 6.45) is 0.106. The molecule has 0 aliphatic carbocycles. The quantitative estimate of drug-likeness (QED) is 0.812. The normalized spacial score (nSPS) is 16.5. The molecule has 1 aliphatic rings. The Labute approximate surface area is 135 Å². The van der Waals surface area contributed by atoms with Gasteiger partial charge < -0.3 is 9.84 Å². The lowest BCUT2D eigenvalue weighted by molar-refractivity contribution is -0.147. The zero-order valence-corrected chi connectivity index (χ0v) is 13.9. The molecular formula is C14H15BrN2O5. The lowest BCUT2D eigenvalue weighted by Gasteiger charge is -2.32. The molecule has 1 fully saturated rings. The largest absolute Gasteiger partial charge is 0.503 e. The summed E-state index contributed by atoms with van der Waals surface area (Å²) in [6, 6.07) is 2.52. The Kier molecular flexibility index (Phi) is 4.41. The molecule has 0 unspecified atom stereocenters. The van der Waals surface area contributed by atoms with E-state index in [4.69, 9.17) is 4.74 Å². The van der Waals surface area contributed by atoms with Gasteiger partial charge >= 0.3 is 6.03 Å². The molecule has 1 aliphatic heterocycles. The van der Waals surface area contributed by atoms with E-state index in [1.165, 1.54) is 21.2 Å². The van der Waals surface area contributed by atoms with E-state index in [0.717, 1.165) is 9.80 Å². The van der Waals surface area contributed by atoms with Gasteiger partial charge in [0, 0.05) is 14.1 Å². The highest BCUT2D eigenvalue weighted by Crippen LogP contribution is 2.36. The highest BCUT2D eigenvalue weighted by atomic mass is 79.9. The van der Waals surface area contributed by atoms with Crippen molar-refractivity contribution in [3.8, 4) is 11.5 Å². The van der Waals surface area contributed by atoms with Crippen LogP contribution in [0.5, 0.6) is 11.5 Å². The van der Waals surface area contributed by atoms with Gasteiger partial charge in [0.1, 0.15) is 5.92 Å². The van der Waals surface area contributed by atoms with Crippen molar-refractivity contribution >= 4 is 33.8 Å². The molecule has 0 radical (unpaired) electrons. The van der Waals surface area contributed by atoms with Crippen LogP contribution in [0.3, 0.4) is 0 Å². The molecule has 4 amide bonds. The number of rotatable bonds is 3. The van der Waals surface area contributed by atoms with Gasteiger partial charge in [0.05, 0.1) is 11.6 Å². The maximum atomic E-state index is 12.2. The average molecular weight is 371 g/mol. The van der Waals surface area contributed by atoms with Gasteiger partial charge in [0.15, 0.2) is 11.5 Å². The van der Waals surface area contributed by atoms with Gasteiger partial charge in [0.25, 0.3) is 0 Å². The lowest BCUT2D eigenvalue weighted by atomic mass is 9.95. The van der Waals surface area contributed by atoms with E-state index in [1.54, 1.807) is 12.1 Å². The SMILES string of the molecule is COc1cc(CC2C(=O)N(C)C(=O)N(C)C2=O)cc(Br)c1O. The third-order valence-corrected chi connectivity index (χ3v) is 4.18. The second-order valence-electron chi connectivity index (χ2n) is 4.96. The van der Waals surface area contributed by atoms with Gasteiger partial charge in [-0.05, 0) is 40.0 Å². The molecule has 1 aromatic carbocycles. The Morgan fingerprint density at radius 1 is 1.18 bits per heavy atom. The fraction of sp³-hybridized carbons (Fsp3) is 0.357. The van der Waals surface area contributed by atoms with Crippen LogP contribution >= 0.6 is 15.9 Å². The topological polar surface area (TPSA) is 87.2 Å². The molecule has 1 N–H and O–H groups in total. The third-order valence-electron chi connectivity index (χ3n) is 3.58. The number of aromatic hydroxyl groups is 1. The molecule has 0 atom stereocenters. The summed E-state index contributed by atoms with van der Waals surface area (Å²) in [5, 5.41) is 9.78. The molecule has 118 valence electrons. The summed E-state index contributed by atoms with van der Waals surface area (Å²) in [6.45, 7) is 0. The fourth-order valence-corrected chi connectivity index (χ4v) is 2.79. The molecular weight excluding hydrogens is 356 g/mol. The minimum atomic E-state index is -0.978. The number of halogens is 1. The van der Waals surface area contributed by atoms with E-state index in [0.29, 0.717) is 10.0 Å². The summed E-state index contributed by atoms with van der Waals surface area (Å²) in [4.78, 5) is 37.9. The Balaban J connectivity index is 2.33. The number of phenols is 1. The number of benzene rings is 1. The number of barbiturate groups is 1. The number of hydrogen-bond acceptors (Lipinski definition) is 5. The van der Waals surface area contributed by atoms with Crippen molar-refractivity contribution < 1.29 is 24.2 Å². The Bertz CT molecular complexity index is 637. The van der Waals surface area contributed by atoms with E-state index >= 15 is 0 Å². The van der Waals surface area contributed by atoms with E-state index in [-0.39, 0.29) is 17.9 Å². The summed E-state index contributed by atoms with van der Waals surface area (Å²) in [7, 11) is 4.09. The van der Waals surface area contributed by atoms with Crippen LogP contribution in [-0.4, -0.2) is 54.0 Å². The standard InChI is InChI=1S/C14H15BrN2O5/c1-16-12(19)8(13(20)17(2)14(16)21)4-7-5-9(15)11(18)10(6-7)22-3/h5-6,8,18H,4H2,1-3H3. The van der Waals surface area contributed by atoms with Crippen molar-refractivity contribution in [3.05, 3.63) is 22.2 Å². The van der Waals surface area contributed by atoms with Gasteiger partial charge in [-0.15, -0.1) is 0 Å². The molecule has 8 heteroatoms. The number of carbonyl (C=O) groups is 3. The number of imide groups is 2. The second-order valence-corrected chi connectivity index (χ2v) is 5.82. The van der Waals surface area contributed by atoms with Crippen LogP contribution in [0.15, 0.2) is 16.6 Å². The predicted molar refractivity (Wildman–Crippen MR) is 80.5 cm³/mol. The van der Waals surface area contributed by atoms with Gasteiger partial charge in [-0.25, -0.2) is 4.79 Å². The van der Waals surface area contributed by atoms with Gasteiger partial charge in [-0.3, -0.25) is 19.4 Å². The zero-order chi connectivity index (χ0) is 16.6. The molecule has 1 aromatic rings. The predicted octanol–water partition coefficient (Wildman–Crippen LogP) is 1.37.